The molecule has 2 heterocycles. The summed E-state index contributed by atoms with van der Waals surface area (Å²) in [6.45, 7) is 3.15. The van der Waals surface area contributed by atoms with E-state index < -0.39 is 5.82 Å². The van der Waals surface area contributed by atoms with Crippen LogP contribution in [0.15, 0.2) is 24.5 Å². The monoisotopic (exact) mass is 257 g/mol. The van der Waals surface area contributed by atoms with Gasteiger partial charge < -0.3 is 4.57 Å². The molecule has 0 spiro atoms. The van der Waals surface area contributed by atoms with Crippen LogP contribution in [0.25, 0.3) is 0 Å². The number of fused-ring (bicyclic) bond motifs is 1. The number of aromatic nitrogens is 3. The van der Waals surface area contributed by atoms with Gasteiger partial charge in [-0.25, -0.2) is 4.39 Å². The lowest BCUT2D eigenvalue weighted by atomic mass is 10.1. The quantitative estimate of drug-likeness (QED) is 0.813. The summed E-state index contributed by atoms with van der Waals surface area (Å²) in [5.74, 6) is 0.471. The Morgan fingerprint density at radius 3 is 3.11 bits per heavy atom. The van der Waals surface area contributed by atoms with Crippen LogP contribution in [-0.4, -0.2) is 26.2 Å². The molecule has 0 bridgehead atoms. The van der Waals surface area contributed by atoms with Crippen molar-refractivity contribution in [2.24, 2.45) is 0 Å². The van der Waals surface area contributed by atoms with Crippen molar-refractivity contribution in [2.75, 3.05) is 6.54 Å². The summed E-state index contributed by atoms with van der Waals surface area (Å²) < 4.78 is 15.3. The number of benzene rings is 1. The van der Waals surface area contributed by atoms with Crippen LogP contribution in [0.5, 0.6) is 0 Å². The van der Waals surface area contributed by atoms with E-state index in [-0.39, 0.29) is 5.56 Å². The van der Waals surface area contributed by atoms with Gasteiger partial charge in [0.2, 0.25) is 0 Å². The first-order valence-electron chi connectivity index (χ1n) is 6.04. The number of nitriles is 1. The Bertz CT molecular complexity index is 643. The van der Waals surface area contributed by atoms with E-state index in [0.29, 0.717) is 6.54 Å². The Kier molecular flexibility index (Phi) is 2.97. The van der Waals surface area contributed by atoms with Crippen LogP contribution in [0.2, 0.25) is 0 Å². The summed E-state index contributed by atoms with van der Waals surface area (Å²) in [6, 6.07) is 6.54. The van der Waals surface area contributed by atoms with Crippen molar-refractivity contribution in [3.05, 3.63) is 47.3 Å². The molecule has 19 heavy (non-hydrogen) atoms. The van der Waals surface area contributed by atoms with Crippen molar-refractivity contribution >= 4 is 0 Å². The molecule has 1 aliphatic heterocycles. The number of hydrogen-bond acceptors (Lipinski definition) is 4. The summed E-state index contributed by atoms with van der Waals surface area (Å²) in [5, 5.41) is 16.8. The highest BCUT2D eigenvalue weighted by Crippen LogP contribution is 2.15. The molecule has 3 rings (SSSR count). The van der Waals surface area contributed by atoms with Gasteiger partial charge in [-0.2, -0.15) is 5.26 Å². The predicted molar refractivity (Wildman–Crippen MR) is 65.3 cm³/mol. The molecule has 2 aromatic rings. The van der Waals surface area contributed by atoms with Crippen LogP contribution in [0.3, 0.4) is 0 Å². The SMILES string of the molecule is N#Cc1cc(CN2CCn3cnnc3C2)ccc1F. The zero-order valence-corrected chi connectivity index (χ0v) is 10.3. The van der Waals surface area contributed by atoms with Crippen molar-refractivity contribution in [3.63, 3.8) is 0 Å². The van der Waals surface area contributed by atoms with Gasteiger partial charge in [-0.05, 0) is 17.7 Å². The Balaban J connectivity index is 1.75. The maximum absolute atomic E-state index is 13.2. The molecule has 1 aromatic heterocycles. The first-order chi connectivity index (χ1) is 9.26. The predicted octanol–water partition coefficient (Wildman–Crippen LogP) is 1.30. The third kappa shape index (κ3) is 2.33. The van der Waals surface area contributed by atoms with Gasteiger partial charge in [0.25, 0.3) is 0 Å². The zero-order valence-electron chi connectivity index (χ0n) is 10.3. The van der Waals surface area contributed by atoms with Crippen LogP contribution in [0, 0.1) is 17.1 Å². The van der Waals surface area contributed by atoms with Gasteiger partial charge in [0.1, 0.15) is 24.0 Å². The van der Waals surface area contributed by atoms with E-state index in [1.54, 1.807) is 18.5 Å². The smallest absolute Gasteiger partial charge is 0.147 e. The van der Waals surface area contributed by atoms with E-state index in [4.69, 9.17) is 5.26 Å². The number of nitrogens with zero attached hydrogens (tertiary/aromatic N) is 5. The van der Waals surface area contributed by atoms with Crippen molar-refractivity contribution in [1.29, 1.82) is 5.26 Å². The summed E-state index contributed by atoms with van der Waals surface area (Å²) in [4.78, 5) is 2.21. The van der Waals surface area contributed by atoms with Gasteiger partial charge in [-0.1, -0.05) is 6.07 Å². The molecule has 0 unspecified atom stereocenters. The molecule has 96 valence electrons. The van der Waals surface area contributed by atoms with Gasteiger partial charge in [-0.15, -0.1) is 10.2 Å². The Hall–Kier alpha value is -2.26. The highest BCUT2D eigenvalue weighted by Gasteiger charge is 2.17. The van der Waals surface area contributed by atoms with Crippen molar-refractivity contribution in [3.8, 4) is 6.07 Å². The van der Waals surface area contributed by atoms with E-state index in [0.717, 1.165) is 31.0 Å². The molecule has 5 nitrogen and oxygen atoms in total. The van der Waals surface area contributed by atoms with Crippen LogP contribution in [0.1, 0.15) is 17.0 Å². The van der Waals surface area contributed by atoms with E-state index in [9.17, 15) is 4.39 Å². The Morgan fingerprint density at radius 1 is 1.37 bits per heavy atom. The number of halogens is 1. The van der Waals surface area contributed by atoms with E-state index in [1.807, 2.05) is 10.6 Å². The van der Waals surface area contributed by atoms with Crippen LogP contribution >= 0.6 is 0 Å². The molecular formula is C13H12FN5. The summed E-state index contributed by atoms with van der Waals surface area (Å²) in [5.41, 5.74) is 1.03. The second-order valence-corrected chi connectivity index (χ2v) is 4.58. The Labute approximate surface area is 109 Å². The molecule has 1 aliphatic rings. The van der Waals surface area contributed by atoms with E-state index >= 15 is 0 Å². The second kappa shape index (κ2) is 4.78. The molecule has 0 fully saturated rings. The van der Waals surface area contributed by atoms with Crippen molar-refractivity contribution in [2.45, 2.75) is 19.6 Å². The van der Waals surface area contributed by atoms with Crippen LogP contribution in [-0.2, 0) is 19.6 Å². The molecule has 0 atom stereocenters. The fraction of sp³-hybridized carbons (Fsp3) is 0.308. The molecule has 0 saturated heterocycles. The minimum absolute atomic E-state index is 0.0951. The Morgan fingerprint density at radius 2 is 2.26 bits per heavy atom. The van der Waals surface area contributed by atoms with Crippen molar-refractivity contribution < 1.29 is 4.39 Å². The van der Waals surface area contributed by atoms with E-state index in [2.05, 4.69) is 15.1 Å². The topological polar surface area (TPSA) is 57.7 Å². The van der Waals surface area contributed by atoms with Gasteiger partial charge in [0.05, 0.1) is 12.1 Å². The lowest BCUT2D eigenvalue weighted by molar-refractivity contribution is 0.208. The van der Waals surface area contributed by atoms with Gasteiger partial charge in [-0.3, -0.25) is 4.90 Å². The van der Waals surface area contributed by atoms with Gasteiger partial charge >= 0.3 is 0 Å². The maximum Gasteiger partial charge on any atom is 0.147 e. The molecule has 0 aliphatic carbocycles. The molecule has 0 amide bonds. The first kappa shape index (κ1) is 11.8. The third-order valence-corrected chi connectivity index (χ3v) is 3.28. The molecule has 0 radical (unpaired) electrons. The summed E-state index contributed by atoms with van der Waals surface area (Å²) in [6.07, 6.45) is 1.73. The fourth-order valence-corrected chi connectivity index (χ4v) is 2.27. The standard InChI is InChI=1S/C13H12FN5/c14-12-2-1-10(5-11(12)6-15)7-18-3-4-19-9-16-17-13(19)8-18/h1-2,5,9H,3-4,7-8H2. The minimum atomic E-state index is -0.468. The number of hydrogen-bond donors (Lipinski definition) is 0. The van der Waals surface area contributed by atoms with Crippen LogP contribution < -0.4 is 0 Å². The highest BCUT2D eigenvalue weighted by atomic mass is 19.1. The maximum atomic E-state index is 13.2. The molecule has 1 aromatic carbocycles. The lowest BCUT2D eigenvalue weighted by Gasteiger charge is -2.26. The average Bonchev–Trinajstić information content (AvgIpc) is 2.88. The van der Waals surface area contributed by atoms with E-state index in [1.165, 1.54) is 6.07 Å². The van der Waals surface area contributed by atoms with Gasteiger partial charge in [0.15, 0.2) is 0 Å². The normalized spacial score (nSPS) is 14.9. The van der Waals surface area contributed by atoms with Gasteiger partial charge in [0, 0.05) is 19.6 Å². The largest absolute Gasteiger partial charge is 0.315 e. The van der Waals surface area contributed by atoms with Crippen molar-refractivity contribution in [1.82, 2.24) is 19.7 Å². The highest BCUT2D eigenvalue weighted by molar-refractivity contribution is 5.34. The third-order valence-electron chi connectivity index (χ3n) is 3.28. The zero-order chi connectivity index (χ0) is 13.2. The lowest BCUT2D eigenvalue weighted by Crippen LogP contribution is -2.33. The minimum Gasteiger partial charge on any atom is -0.315 e. The molecule has 0 N–H and O–H groups in total. The molecular weight excluding hydrogens is 245 g/mol. The first-order valence-corrected chi connectivity index (χ1v) is 6.04. The van der Waals surface area contributed by atoms with Crippen LogP contribution in [0.4, 0.5) is 4.39 Å². The fourth-order valence-electron chi connectivity index (χ4n) is 2.27. The average molecular weight is 257 g/mol. The summed E-state index contributed by atoms with van der Waals surface area (Å²) >= 11 is 0. The molecule has 0 saturated carbocycles. The summed E-state index contributed by atoms with van der Waals surface area (Å²) in [7, 11) is 0. The second-order valence-electron chi connectivity index (χ2n) is 4.58. The number of rotatable bonds is 2. The molecule has 6 heteroatoms.